The smallest absolute Gasteiger partial charge is 0.335 e. The average Bonchev–Trinajstić information content (AvgIpc) is 2.37. The zero-order chi connectivity index (χ0) is 12.7. The lowest BCUT2D eigenvalue weighted by atomic mass is 10.2. The summed E-state index contributed by atoms with van der Waals surface area (Å²) in [6.45, 7) is 3.30. The van der Waals surface area contributed by atoms with Gasteiger partial charge in [0, 0.05) is 12.2 Å². The quantitative estimate of drug-likeness (QED) is 0.452. The number of carbonyl (C=O) groups excluding carboxylic acids is 2. The lowest BCUT2D eigenvalue weighted by Crippen LogP contribution is -2.02. The van der Waals surface area contributed by atoms with E-state index in [1.54, 1.807) is 30.3 Å². The summed E-state index contributed by atoms with van der Waals surface area (Å²) in [5.41, 5.74) is 0.800. The monoisotopic (exact) mass is 232 g/mol. The molecule has 1 aromatic carbocycles. The molecular weight excluding hydrogens is 220 g/mol. The summed E-state index contributed by atoms with van der Waals surface area (Å²) in [4.78, 5) is 21.8. The Bertz CT molecular complexity index is 443. The van der Waals surface area contributed by atoms with Crippen molar-refractivity contribution in [2.45, 2.75) is 0 Å². The molecule has 4 heteroatoms. The van der Waals surface area contributed by atoms with Crippen molar-refractivity contribution in [1.82, 2.24) is 0 Å². The Balaban J connectivity index is 2.68. The molecule has 0 spiro atoms. The van der Waals surface area contributed by atoms with Gasteiger partial charge in [-0.25, -0.2) is 9.59 Å². The first-order valence-electron chi connectivity index (χ1n) is 4.86. The van der Waals surface area contributed by atoms with Crippen molar-refractivity contribution >= 4 is 18.0 Å². The predicted molar refractivity (Wildman–Crippen MR) is 63.3 cm³/mol. The molecule has 4 nitrogen and oxygen atoms in total. The molecule has 0 N–H and O–H groups in total. The van der Waals surface area contributed by atoms with Gasteiger partial charge in [-0.1, -0.05) is 18.7 Å². The lowest BCUT2D eigenvalue weighted by molar-refractivity contribution is -0.134. The van der Waals surface area contributed by atoms with Gasteiger partial charge < -0.3 is 9.47 Å². The van der Waals surface area contributed by atoms with Crippen LogP contribution in [0.2, 0.25) is 0 Å². The molecule has 0 bridgehead atoms. The molecule has 0 radical (unpaired) electrons. The van der Waals surface area contributed by atoms with Gasteiger partial charge in [0.2, 0.25) is 0 Å². The van der Waals surface area contributed by atoms with Crippen LogP contribution in [0.1, 0.15) is 5.56 Å². The molecule has 0 amide bonds. The Morgan fingerprint density at radius 2 is 1.82 bits per heavy atom. The first-order chi connectivity index (χ1) is 8.15. The van der Waals surface area contributed by atoms with E-state index in [0.717, 1.165) is 11.6 Å². The second-order valence-corrected chi connectivity index (χ2v) is 3.05. The van der Waals surface area contributed by atoms with Crippen molar-refractivity contribution in [3.63, 3.8) is 0 Å². The second-order valence-electron chi connectivity index (χ2n) is 3.05. The molecule has 0 fully saturated rings. The van der Waals surface area contributed by atoms with E-state index in [9.17, 15) is 9.59 Å². The van der Waals surface area contributed by atoms with Crippen molar-refractivity contribution in [3.8, 4) is 5.75 Å². The van der Waals surface area contributed by atoms with E-state index < -0.39 is 11.9 Å². The SMILES string of the molecule is C=CC(=O)Oc1ccc(/C=C/C(=O)OC)cc1. The van der Waals surface area contributed by atoms with E-state index in [2.05, 4.69) is 11.3 Å². The van der Waals surface area contributed by atoms with E-state index in [1.165, 1.54) is 13.2 Å². The summed E-state index contributed by atoms with van der Waals surface area (Å²) in [7, 11) is 1.31. The largest absolute Gasteiger partial charge is 0.466 e. The van der Waals surface area contributed by atoms with Crippen molar-refractivity contribution in [1.29, 1.82) is 0 Å². The summed E-state index contributed by atoms with van der Waals surface area (Å²) in [6, 6.07) is 6.67. The van der Waals surface area contributed by atoms with Gasteiger partial charge in [0.05, 0.1) is 7.11 Å². The number of benzene rings is 1. The van der Waals surface area contributed by atoms with Crippen LogP contribution >= 0.6 is 0 Å². The molecule has 1 aromatic rings. The fourth-order valence-corrected chi connectivity index (χ4v) is 1.04. The number of ether oxygens (including phenoxy) is 2. The van der Waals surface area contributed by atoms with E-state index in [4.69, 9.17) is 4.74 Å². The van der Waals surface area contributed by atoms with Crippen LogP contribution in [0.4, 0.5) is 0 Å². The minimum atomic E-state index is -0.511. The topological polar surface area (TPSA) is 52.6 Å². The summed E-state index contributed by atoms with van der Waals surface area (Å²) in [5.74, 6) is -0.514. The number of hydrogen-bond acceptors (Lipinski definition) is 4. The van der Waals surface area contributed by atoms with Crippen LogP contribution in [0, 0.1) is 0 Å². The van der Waals surface area contributed by atoms with Gasteiger partial charge in [-0.2, -0.15) is 0 Å². The van der Waals surface area contributed by atoms with Gasteiger partial charge >= 0.3 is 11.9 Å². The Morgan fingerprint density at radius 3 is 2.35 bits per heavy atom. The van der Waals surface area contributed by atoms with Gasteiger partial charge in [-0.3, -0.25) is 0 Å². The first kappa shape index (κ1) is 12.7. The zero-order valence-electron chi connectivity index (χ0n) is 9.38. The molecule has 0 heterocycles. The first-order valence-corrected chi connectivity index (χ1v) is 4.86. The van der Waals surface area contributed by atoms with E-state index in [0.29, 0.717) is 5.75 Å². The van der Waals surface area contributed by atoms with Crippen molar-refractivity contribution in [2.24, 2.45) is 0 Å². The Morgan fingerprint density at radius 1 is 1.18 bits per heavy atom. The molecule has 0 aliphatic rings. The summed E-state index contributed by atoms with van der Waals surface area (Å²) in [6.07, 6.45) is 4.00. The fourth-order valence-electron chi connectivity index (χ4n) is 1.04. The molecule has 0 aliphatic carbocycles. The van der Waals surface area contributed by atoms with Gasteiger partial charge in [0.15, 0.2) is 0 Å². The zero-order valence-corrected chi connectivity index (χ0v) is 9.38. The standard InChI is InChI=1S/C13H12O4/c1-3-12(14)17-11-7-4-10(5-8-11)6-9-13(15)16-2/h3-9H,1H2,2H3/b9-6+. The third-order valence-corrected chi connectivity index (χ3v) is 1.88. The van der Waals surface area contributed by atoms with E-state index in [-0.39, 0.29) is 0 Å². The summed E-state index contributed by atoms with van der Waals surface area (Å²) >= 11 is 0. The maximum absolute atomic E-state index is 10.9. The molecule has 17 heavy (non-hydrogen) atoms. The molecular formula is C13H12O4. The fraction of sp³-hybridized carbons (Fsp3) is 0.0769. The minimum Gasteiger partial charge on any atom is -0.466 e. The van der Waals surface area contributed by atoms with Crippen LogP contribution in [0.15, 0.2) is 43.0 Å². The highest BCUT2D eigenvalue weighted by molar-refractivity contribution is 5.87. The normalized spacial score (nSPS) is 9.94. The van der Waals surface area contributed by atoms with E-state index >= 15 is 0 Å². The highest BCUT2D eigenvalue weighted by Gasteiger charge is 1.98. The van der Waals surface area contributed by atoms with Crippen LogP contribution < -0.4 is 4.74 Å². The highest BCUT2D eigenvalue weighted by atomic mass is 16.5. The molecule has 88 valence electrons. The average molecular weight is 232 g/mol. The predicted octanol–water partition coefficient (Wildman–Crippen LogP) is 1.96. The number of esters is 2. The number of hydrogen-bond donors (Lipinski definition) is 0. The molecule has 0 saturated heterocycles. The minimum absolute atomic E-state index is 0.421. The van der Waals surface area contributed by atoms with Gasteiger partial charge in [-0.15, -0.1) is 0 Å². The number of carbonyl (C=O) groups is 2. The van der Waals surface area contributed by atoms with Gasteiger partial charge in [0.1, 0.15) is 5.75 Å². The van der Waals surface area contributed by atoms with Crippen molar-refractivity contribution in [2.75, 3.05) is 7.11 Å². The summed E-state index contributed by atoms with van der Waals surface area (Å²) < 4.78 is 9.35. The second kappa shape index (κ2) is 6.27. The molecule has 0 atom stereocenters. The van der Waals surface area contributed by atoms with Crippen LogP contribution in [0.5, 0.6) is 5.75 Å². The maximum atomic E-state index is 10.9. The van der Waals surface area contributed by atoms with Crippen LogP contribution in [0.25, 0.3) is 6.08 Å². The lowest BCUT2D eigenvalue weighted by Gasteiger charge is -2.00. The third-order valence-electron chi connectivity index (χ3n) is 1.88. The number of methoxy groups -OCH3 is 1. The summed E-state index contributed by atoms with van der Waals surface area (Å²) in [5, 5.41) is 0. The van der Waals surface area contributed by atoms with Crippen LogP contribution in [0.3, 0.4) is 0 Å². The van der Waals surface area contributed by atoms with Crippen LogP contribution in [-0.2, 0) is 14.3 Å². The Labute approximate surface area is 99.2 Å². The Hall–Kier alpha value is -2.36. The molecule has 0 aliphatic heterocycles. The Kier molecular flexibility index (Phi) is 4.69. The molecule has 1 rings (SSSR count). The molecule has 0 unspecified atom stereocenters. The van der Waals surface area contributed by atoms with Crippen molar-refractivity contribution in [3.05, 3.63) is 48.6 Å². The van der Waals surface area contributed by atoms with E-state index in [1.807, 2.05) is 0 Å². The van der Waals surface area contributed by atoms with Gasteiger partial charge in [0.25, 0.3) is 0 Å². The van der Waals surface area contributed by atoms with Crippen molar-refractivity contribution < 1.29 is 19.1 Å². The molecule has 0 saturated carbocycles. The molecule has 0 aromatic heterocycles. The maximum Gasteiger partial charge on any atom is 0.335 e. The van der Waals surface area contributed by atoms with Gasteiger partial charge in [-0.05, 0) is 23.8 Å². The highest BCUT2D eigenvalue weighted by Crippen LogP contribution is 2.13. The number of rotatable bonds is 4. The third kappa shape index (κ3) is 4.34. The van der Waals surface area contributed by atoms with Crippen LogP contribution in [-0.4, -0.2) is 19.0 Å².